The molecule has 0 amide bonds. The molecule has 3 N–H and O–H groups in total. The van der Waals surface area contributed by atoms with Crippen LogP contribution in [0.2, 0.25) is 0 Å². The number of hydrogen-bond donors (Lipinski definition) is 2. The maximum Gasteiger partial charge on any atom is 0.0716 e. The van der Waals surface area contributed by atoms with Crippen molar-refractivity contribution < 1.29 is 9.84 Å². The Morgan fingerprint density at radius 1 is 1.23 bits per heavy atom. The minimum absolute atomic E-state index is 0.182. The Morgan fingerprint density at radius 2 is 1.92 bits per heavy atom. The number of ether oxygens (including phenoxy) is 1. The summed E-state index contributed by atoms with van der Waals surface area (Å²) in [5, 5.41) is 8.50. The van der Waals surface area contributed by atoms with E-state index in [2.05, 4.69) is 0 Å². The molecule has 0 radical (unpaired) electrons. The summed E-state index contributed by atoms with van der Waals surface area (Å²) in [6, 6.07) is 7.58. The van der Waals surface area contributed by atoms with E-state index in [4.69, 9.17) is 15.6 Å². The quantitative estimate of drug-likeness (QED) is 0.529. The first-order chi connectivity index (χ1) is 6.33. The van der Waals surface area contributed by atoms with E-state index in [1.165, 1.54) is 0 Å². The highest BCUT2D eigenvalue weighted by atomic mass is 16.5. The highest BCUT2D eigenvalue weighted by Crippen LogP contribution is 2.06. The minimum Gasteiger partial charge on any atom is -0.399 e. The number of aliphatic hydroxyl groups is 1. The first-order valence-electron chi connectivity index (χ1n) is 4.36. The third-order valence-corrected chi connectivity index (χ3v) is 1.70. The summed E-state index contributed by atoms with van der Waals surface area (Å²) in [5.41, 5.74) is 7.40. The molecule has 1 rings (SSSR count). The average Bonchev–Trinajstić information content (AvgIpc) is 2.15. The lowest BCUT2D eigenvalue weighted by Gasteiger charge is -2.03. The zero-order valence-corrected chi connectivity index (χ0v) is 7.57. The van der Waals surface area contributed by atoms with Gasteiger partial charge in [0.1, 0.15) is 0 Å². The van der Waals surface area contributed by atoms with Gasteiger partial charge in [0, 0.05) is 18.9 Å². The largest absolute Gasteiger partial charge is 0.399 e. The van der Waals surface area contributed by atoms with E-state index in [0.29, 0.717) is 19.6 Å². The van der Waals surface area contributed by atoms with Crippen molar-refractivity contribution in [2.75, 3.05) is 18.9 Å². The van der Waals surface area contributed by atoms with Crippen molar-refractivity contribution in [2.45, 2.75) is 13.0 Å². The number of hydrogen-bond acceptors (Lipinski definition) is 3. The van der Waals surface area contributed by atoms with E-state index in [1.54, 1.807) is 0 Å². The Kier molecular flexibility index (Phi) is 4.29. The predicted octanol–water partition coefficient (Wildman–Crippen LogP) is 1.17. The molecule has 1 aromatic carbocycles. The lowest BCUT2D eigenvalue weighted by Crippen LogP contribution is -1.97. The van der Waals surface area contributed by atoms with E-state index in [9.17, 15) is 0 Å². The van der Waals surface area contributed by atoms with Gasteiger partial charge in [-0.2, -0.15) is 0 Å². The molecule has 0 atom stereocenters. The molecule has 0 aliphatic heterocycles. The van der Waals surface area contributed by atoms with E-state index >= 15 is 0 Å². The summed E-state index contributed by atoms with van der Waals surface area (Å²) >= 11 is 0. The number of anilines is 1. The summed E-state index contributed by atoms with van der Waals surface area (Å²) in [6.07, 6.45) is 0.689. The molecule has 0 aromatic heterocycles. The number of nitrogen functional groups attached to an aromatic ring is 1. The van der Waals surface area contributed by atoms with Crippen molar-refractivity contribution in [1.82, 2.24) is 0 Å². The number of benzene rings is 1. The monoisotopic (exact) mass is 181 g/mol. The lowest BCUT2D eigenvalue weighted by atomic mass is 10.2. The standard InChI is InChI=1S/C10H15NO2/c11-10-4-2-9(3-5-10)8-13-7-1-6-12/h2-5,12H,1,6-8,11H2. The van der Waals surface area contributed by atoms with Crippen LogP contribution in [0.25, 0.3) is 0 Å². The molecular weight excluding hydrogens is 166 g/mol. The van der Waals surface area contributed by atoms with Gasteiger partial charge in [-0.15, -0.1) is 0 Å². The Bertz CT molecular complexity index is 233. The summed E-state index contributed by atoms with van der Waals surface area (Å²) in [7, 11) is 0. The third-order valence-electron chi connectivity index (χ3n) is 1.70. The zero-order valence-electron chi connectivity index (χ0n) is 7.57. The van der Waals surface area contributed by atoms with Gasteiger partial charge in [-0.25, -0.2) is 0 Å². The molecule has 0 saturated heterocycles. The normalized spacial score (nSPS) is 10.2. The smallest absolute Gasteiger partial charge is 0.0716 e. The van der Waals surface area contributed by atoms with E-state index in [-0.39, 0.29) is 6.61 Å². The van der Waals surface area contributed by atoms with Gasteiger partial charge >= 0.3 is 0 Å². The van der Waals surface area contributed by atoms with Crippen LogP contribution in [-0.4, -0.2) is 18.3 Å². The fourth-order valence-electron chi connectivity index (χ4n) is 0.970. The van der Waals surface area contributed by atoms with Crippen LogP contribution in [-0.2, 0) is 11.3 Å². The van der Waals surface area contributed by atoms with Gasteiger partial charge < -0.3 is 15.6 Å². The minimum atomic E-state index is 0.182. The molecule has 3 heteroatoms. The number of nitrogens with two attached hydrogens (primary N) is 1. The number of aliphatic hydroxyl groups excluding tert-OH is 1. The van der Waals surface area contributed by atoms with Crippen LogP contribution in [0.15, 0.2) is 24.3 Å². The van der Waals surface area contributed by atoms with Crippen LogP contribution < -0.4 is 5.73 Å². The molecule has 0 heterocycles. The Balaban J connectivity index is 2.25. The molecule has 0 aliphatic carbocycles. The van der Waals surface area contributed by atoms with Crippen molar-refractivity contribution in [1.29, 1.82) is 0 Å². The summed E-state index contributed by atoms with van der Waals surface area (Å²) in [6.45, 7) is 1.36. The first-order valence-corrected chi connectivity index (χ1v) is 4.36. The molecule has 72 valence electrons. The van der Waals surface area contributed by atoms with Crippen LogP contribution in [0.5, 0.6) is 0 Å². The van der Waals surface area contributed by atoms with Crippen molar-refractivity contribution in [3.63, 3.8) is 0 Å². The van der Waals surface area contributed by atoms with E-state index in [0.717, 1.165) is 11.3 Å². The van der Waals surface area contributed by atoms with Crippen molar-refractivity contribution in [2.24, 2.45) is 0 Å². The average molecular weight is 181 g/mol. The van der Waals surface area contributed by atoms with Gasteiger partial charge in [0.15, 0.2) is 0 Å². The summed E-state index contributed by atoms with van der Waals surface area (Å²) < 4.78 is 5.30. The Hall–Kier alpha value is -1.06. The fourth-order valence-corrected chi connectivity index (χ4v) is 0.970. The van der Waals surface area contributed by atoms with Gasteiger partial charge in [-0.05, 0) is 24.1 Å². The third kappa shape index (κ3) is 3.92. The van der Waals surface area contributed by atoms with Crippen LogP contribution in [0.3, 0.4) is 0 Å². The predicted molar refractivity (Wildman–Crippen MR) is 52.2 cm³/mol. The van der Waals surface area contributed by atoms with Crippen LogP contribution in [0, 0.1) is 0 Å². The highest BCUT2D eigenvalue weighted by molar-refractivity contribution is 5.38. The van der Waals surface area contributed by atoms with Crippen molar-refractivity contribution in [3.8, 4) is 0 Å². The molecule has 0 bridgehead atoms. The molecule has 0 spiro atoms. The Morgan fingerprint density at radius 3 is 2.54 bits per heavy atom. The van der Waals surface area contributed by atoms with Crippen LogP contribution >= 0.6 is 0 Å². The molecule has 1 aromatic rings. The van der Waals surface area contributed by atoms with Crippen molar-refractivity contribution in [3.05, 3.63) is 29.8 Å². The van der Waals surface area contributed by atoms with Crippen LogP contribution in [0.1, 0.15) is 12.0 Å². The molecule has 0 saturated carbocycles. The zero-order chi connectivity index (χ0) is 9.52. The topological polar surface area (TPSA) is 55.5 Å². The fraction of sp³-hybridized carbons (Fsp3) is 0.400. The van der Waals surface area contributed by atoms with Gasteiger partial charge in [0.25, 0.3) is 0 Å². The maximum absolute atomic E-state index is 8.50. The second-order valence-electron chi connectivity index (χ2n) is 2.87. The molecular formula is C10H15NO2. The molecule has 0 fully saturated rings. The van der Waals surface area contributed by atoms with Crippen LogP contribution in [0.4, 0.5) is 5.69 Å². The molecule has 3 nitrogen and oxygen atoms in total. The van der Waals surface area contributed by atoms with E-state index in [1.807, 2.05) is 24.3 Å². The summed E-state index contributed by atoms with van der Waals surface area (Å²) in [5.74, 6) is 0. The summed E-state index contributed by atoms with van der Waals surface area (Å²) in [4.78, 5) is 0. The number of rotatable bonds is 5. The second-order valence-corrected chi connectivity index (χ2v) is 2.87. The molecule has 13 heavy (non-hydrogen) atoms. The van der Waals surface area contributed by atoms with Gasteiger partial charge in [-0.1, -0.05) is 12.1 Å². The SMILES string of the molecule is Nc1ccc(COCCCO)cc1. The molecule has 0 aliphatic rings. The van der Waals surface area contributed by atoms with Gasteiger partial charge in [0.05, 0.1) is 6.61 Å². The first kappa shape index (κ1) is 10.0. The second kappa shape index (κ2) is 5.56. The highest BCUT2D eigenvalue weighted by Gasteiger charge is 1.92. The Labute approximate surface area is 78.1 Å². The van der Waals surface area contributed by atoms with Crippen molar-refractivity contribution >= 4 is 5.69 Å². The van der Waals surface area contributed by atoms with Gasteiger partial charge in [0.2, 0.25) is 0 Å². The lowest BCUT2D eigenvalue weighted by molar-refractivity contribution is 0.104. The maximum atomic E-state index is 8.50. The van der Waals surface area contributed by atoms with E-state index < -0.39 is 0 Å². The molecule has 0 unspecified atom stereocenters. The van der Waals surface area contributed by atoms with Gasteiger partial charge in [-0.3, -0.25) is 0 Å².